The average molecular weight is 350 g/mol. The van der Waals surface area contributed by atoms with Crippen molar-refractivity contribution in [2.45, 2.75) is 6.42 Å². The third-order valence-corrected chi connectivity index (χ3v) is 5.27. The first-order chi connectivity index (χ1) is 11.8. The summed E-state index contributed by atoms with van der Waals surface area (Å²) in [6.45, 7) is 10.3. The van der Waals surface area contributed by atoms with Gasteiger partial charge in [0.05, 0.1) is 19.8 Å². The fourth-order valence-electron chi connectivity index (χ4n) is 3.36. The fourth-order valence-corrected chi connectivity index (χ4v) is 3.65. The van der Waals surface area contributed by atoms with Crippen LogP contribution >= 0.6 is 12.2 Å². The van der Waals surface area contributed by atoms with Crippen molar-refractivity contribution in [1.29, 1.82) is 0 Å². The van der Waals surface area contributed by atoms with E-state index in [0.29, 0.717) is 0 Å². The lowest BCUT2D eigenvalue weighted by Crippen LogP contribution is -3.14. The predicted molar refractivity (Wildman–Crippen MR) is 102 cm³/mol. The highest BCUT2D eigenvalue weighted by molar-refractivity contribution is 7.80. The number of thiocarbonyl (C=S) groups is 1. The largest absolute Gasteiger partial charge is 0.370 e. The summed E-state index contributed by atoms with van der Waals surface area (Å²) >= 11 is 5.57. The number of para-hydroxylation sites is 1. The molecular weight excluding hydrogens is 320 g/mol. The maximum Gasteiger partial charge on any atom is 0.169 e. The molecule has 2 aliphatic rings. The summed E-state index contributed by atoms with van der Waals surface area (Å²) in [6.07, 6.45) is 1.17. The number of hydrogen-bond acceptors (Lipinski definition) is 3. The van der Waals surface area contributed by atoms with Gasteiger partial charge in [0.1, 0.15) is 13.1 Å². The number of quaternary nitrogens is 1. The standard InChI is InChI=1S/C18H28N4OS/c24-18(19-7-4-8-20-13-15-23-16-14-20)22-11-9-21(10-12-22)17-5-2-1-3-6-17/h1-3,5-6H,4,7-16H2,(H,19,24)/p+1. The van der Waals surface area contributed by atoms with Crippen LogP contribution < -0.4 is 15.1 Å². The molecule has 132 valence electrons. The summed E-state index contributed by atoms with van der Waals surface area (Å²) in [4.78, 5) is 6.39. The van der Waals surface area contributed by atoms with E-state index in [1.807, 2.05) is 0 Å². The number of benzene rings is 1. The van der Waals surface area contributed by atoms with E-state index in [9.17, 15) is 0 Å². The van der Waals surface area contributed by atoms with Gasteiger partial charge < -0.3 is 24.8 Å². The maximum absolute atomic E-state index is 5.57. The van der Waals surface area contributed by atoms with Crippen molar-refractivity contribution in [3.8, 4) is 0 Å². The molecule has 1 aromatic carbocycles. The van der Waals surface area contributed by atoms with Gasteiger partial charge in [0.2, 0.25) is 0 Å². The van der Waals surface area contributed by atoms with Gasteiger partial charge in [-0.2, -0.15) is 0 Å². The van der Waals surface area contributed by atoms with E-state index in [-0.39, 0.29) is 0 Å². The number of rotatable bonds is 5. The van der Waals surface area contributed by atoms with Crippen molar-refractivity contribution >= 4 is 23.0 Å². The van der Waals surface area contributed by atoms with Gasteiger partial charge in [-0.05, 0) is 24.4 Å². The van der Waals surface area contributed by atoms with Gasteiger partial charge in [0, 0.05) is 44.8 Å². The summed E-state index contributed by atoms with van der Waals surface area (Å²) in [5, 5.41) is 4.36. The Bertz CT molecular complexity index is 499. The number of hydrogen-bond donors (Lipinski definition) is 2. The van der Waals surface area contributed by atoms with Gasteiger partial charge in [-0.15, -0.1) is 0 Å². The van der Waals surface area contributed by atoms with Crippen molar-refractivity contribution < 1.29 is 9.64 Å². The van der Waals surface area contributed by atoms with E-state index < -0.39 is 0 Å². The van der Waals surface area contributed by atoms with Gasteiger partial charge >= 0.3 is 0 Å². The van der Waals surface area contributed by atoms with Gasteiger partial charge in [-0.25, -0.2) is 0 Å². The highest BCUT2D eigenvalue weighted by Crippen LogP contribution is 2.15. The molecule has 3 rings (SSSR count). The highest BCUT2D eigenvalue weighted by atomic mass is 32.1. The second kappa shape index (κ2) is 9.20. The van der Waals surface area contributed by atoms with Crippen molar-refractivity contribution in [2.24, 2.45) is 0 Å². The maximum atomic E-state index is 5.57. The average Bonchev–Trinajstić information content (AvgIpc) is 2.67. The fraction of sp³-hybridized carbons (Fsp3) is 0.611. The molecule has 1 aromatic rings. The second-order valence-electron chi connectivity index (χ2n) is 6.51. The molecule has 5 nitrogen and oxygen atoms in total. The molecule has 0 spiro atoms. The van der Waals surface area contributed by atoms with Crippen LogP contribution in [-0.4, -0.2) is 75.6 Å². The minimum Gasteiger partial charge on any atom is -0.370 e. The molecule has 2 saturated heterocycles. The van der Waals surface area contributed by atoms with Crippen LogP contribution in [0.1, 0.15) is 6.42 Å². The minimum absolute atomic E-state index is 0.910. The molecule has 0 bridgehead atoms. The van der Waals surface area contributed by atoms with Gasteiger partial charge in [-0.1, -0.05) is 18.2 Å². The topological polar surface area (TPSA) is 32.2 Å². The Morgan fingerprint density at radius 2 is 1.79 bits per heavy atom. The smallest absolute Gasteiger partial charge is 0.169 e. The zero-order chi connectivity index (χ0) is 16.6. The van der Waals surface area contributed by atoms with E-state index in [2.05, 4.69) is 45.4 Å². The van der Waals surface area contributed by atoms with Crippen LogP contribution in [0.25, 0.3) is 0 Å². The quantitative estimate of drug-likeness (QED) is 0.577. The number of nitrogens with one attached hydrogen (secondary N) is 2. The first-order valence-electron chi connectivity index (χ1n) is 9.07. The lowest BCUT2D eigenvalue weighted by Gasteiger charge is -2.37. The Hall–Kier alpha value is -1.37. The van der Waals surface area contributed by atoms with Gasteiger partial charge in [0.15, 0.2) is 5.11 Å². The predicted octanol–water partition coefficient (Wildman–Crippen LogP) is -0.0117. The van der Waals surface area contributed by atoms with Crippen molar-refractivity contribution in [3.63, 3.8) is 0 Å². The van der Waals surface area contributed by atoms with Crippen LogP contribution in [0, 0.1) is 0 Å². The number of piperazine rings is 1. The van der Waals surface area contributed by atoms with Crippen molar-refractivity contribution in [3.05, 3.63) is 30.3 Å². The SMILES string of the molecule is S=C(NCCC[NH+]1CCOCC1)N1CCN(c2ccccc2)CC1. The number of ether oxygens (including phenoxy) is 1. The first kappa shape index (κ1) is 17.5. The molecule has 0 unspecified atom stereocenters. The molecule has 0 radical (unpaired) electrons. The van der Waals surface area contributed by atoms with E-state index >= 15 is 0 Å². The molecule has 2 heterocycles. The zero-order valence-corrected chi connectivity index (χ0v) is 15.2. The molecule has 0 atom stereocenters. The summed E-state index contributed by atoms with van der Waals surface area (Å²) in [5.74, 6) is 0. The molecule has 0 aliphatic carbocycles. The Balaban J connectivity index is 1.32. The minimum atomic E-state index is 0.910. The van der Waals surface area contributed by atoms with Gasteiger partial charge in [0.25, 0.3) is 0 Å². The van der Waals surface area contributed by atoms with Crippen molar-refractivity contribution in [1.82, 2.24) is 10.2 Å². The molecule has 2 aliphatic heterocycles. The van der Waals surface area contributed by atoms with Crippen LogP contribution in [0.2, 0.25) is 0 Å². The van der Waals surface area contributed by atoms with Crippen LogP contribution in [0.4, 0.5) is 5.69 Å². The molecule has 2 N–H and O–H groups in total. The second-order valence-corrected chi connectivity index (χ2v) is 6.89. The highest BCUT2D eigenvalue weighted by Gasteiger charge is 2.19. The van der Waals surface area contributed by atoms with E-state index in [1.165, 1.54) is 18.7 Å². The number of morpholine rings is 1. The monoisotopic (exact) mass is 349 g/mol. The van der Waals surface area contributed by atoms with E-state index in [1.54, 1.807) is 4.90 Å². The van der Waals surface area contributed by atoms with E-state index in [4.69, 9.17) is 17.0 Å². The van der Waals surface area contributed by atoms with Crippen molar-refractivity contribution in [2.75, 3.05) is 70.5 Å². The lowest BCUT2D eigenvalue weighted by atomic mass is 10.2. The summed E-state index contributed by atoms with van der Waals surface area (Å²) in [6, 6.07) is 10.6. The summed E-state index contributed by atoms with van der Waals surface area (Å²) in [7, 11) is 0. The Morgan fingerprint density at radius 3 is 2.50 bits per heavy atom. The molecule has 0 amide bonds. The Labute approximate surface area is 150 Å². The molecule has 2 fully saturated rings. The third kappa shape index (κ3) is 5.06. The zero-order valence-electron chi connectivity index (χ0n) is 14.4. The Kier molecular flexibility index (Phi) is 6.69. The van der Waals surface area contributed by atoms with Crippen LogP contribution in [0.5, 0.6) is 0 Å². The molecule has 0 saturated carbocycles. The van der Waals surface area contributed by atoms with Crippen LogP contribution in [0.15, 0.2) is 30.3 Å². The van der Waals surface area contributed by atoms with Crippen LogP contribution in [0.3, 0.4) is 0 Å². The third-order valence-electron chi connectivity index (χ3n) is 4.87. The lowest BCUT2D eigenvalue weighted by molar-refractivity contribution is -0.908. The molecule has 24 heavy (non-hydrogen) atoms. The van der Waals surface area contributed by atoms with Gasteiger partial charge in [-0.3, -0.25) is 0 Å². The number of nitrogens with zero attached hydrogens (tertiary/aromatic N) is 2. The molecule has 6 heteroatoms. The normalized spacial score (nSPS) is 19.3. The summed E-state index contributed by atoms with van der Waals surface area (Å²) < 4.78 is 5.40. The molecular formula is C18H29N4OS+. The van der Waals surface area contributed by atoms with Crippen LogP contribution in [-0.2, 0) is 4.74 Å². The first-order valence-corrected chi connectivity index (χ1v) is 9.48. The summed E-state index contributed by atoms with van der Waals surface area (Å²) in [5.41, 5.74) is 1.31. The Morgan fingerprint density at radius 1 is 1.08 bits per heavy atom. The molecule has 0 aromatic heterocycles. The number of anilines is 1. The van der Waals surface area contributed by atoms with E-state index in [0.717, 1.165) is 64.1 Å².